The third-order valence-electron chi connectivity index (χ3n) is 8.66. The molecule has 0 aliphatic rings. The minimum absolute atomic E-state index is 0.0876. The first-order valence-electron chi connectivity index (χ1n) is 21.2. The summed E-state index contributed by atoms with van der Waals surface area (Å²) < 4.78 is 32.6. The van der Waals surface area contributed by atoms with E-state index < -0.39 is 51.8 Å². The molecule has 0 heterocycles. The van der Waals surface area contributed by atoms with E-state index in [-0.39, 0.29) is 19.4 Å². The lowest BCUT2D eigenvalue weighted by Gasteiger charge is -2.20. The Hall–Kier alpha value is -2.33. The highest BCUT2D eigenvalue weighted by molar-refractivity contribution is 7.47. The van der Waals surface area contributed by atoms with Crippen LogP contribution in [0.15, 0.2) is 60.8 Å². The molecule has 0 bridgehead atoms. The van der Waals surface area contributed by atoms with Gasteiger partial charge < -0.3 is 24.6 Å². The molecule has 11 heteroatoms. The highest BCUT2D eigenvalue weighted by Crippen LogP contribution is 2.43. The monoisotopic (exact) mass is 797 g/mol. The van der Waals surface area contributed by atoms with Gasteiger partial charge in [0.05, 0.1) is 19.8 Å². The number of carbonyl (C=O) groups excluding carboxylic acids is 2. The SMILES string of the molecule is CCCCC/C=C/C/C=C/C/C=C/C/C=C/CCCC(=O)OC[C@H](COP(=O)(O)OC[C@@H](O)CO)OC(=O)CC/C=C/CCCCCCCCCCCCC. The maximum Gasteiger partial charge on any atom is 0.472 e. The zero-order valence-corrected chi connectivity index (χ0v) is 35.3. The number of allylic oxidation sites excluding steroid dienone is 10. The van der Waals surface area contributed by atoms with Gasteiger partial charge in [-0.3, -0.25) is 18.6 Å². The van der Waals surface area contributed by atoms with Gasteiger partial charge in [0.2, 0.25) is 0 Å². The van der Waals surface area contributed by atoms with E-state index in [2.05, 4.69) is 67.0 Å². The van der Waals surface area contributed by atoms with Crippen molar-refractivity contribution in [2.24, 2.45) is 0 Å². The summed E-state index contributed by atoms with van der Waals surface area (Å²) in [6, 6.07) is 0. The largest absolute Gasteiger partial charge is 0.472 e. The molecule has 0 aromatic rings. The molecule has 0 aromatic carbocycles. The van der Waals surface area contributed by atoms with Crippen LogP contribution >= 0.6 is 7.82 Å². The average molecular weight is 797 g/mol. The molecule has 0 aliphatic carbocycles. The highest BCUT2D eigenvalue weighted by Gasteiger charge is 2.27. The number of phosphoric ester groups is 1. The first kappa shape index (κ1) is 52.7. The smallest absolute Gasteiger partial charge is 0.462 e. The van der Waals surface area contributed by atoms with E-state index >= 15 is 0 Å². The zero-order valence-electron chi connectivity index (χ0n) is 34.4. The lowest BCUT2D eigenvalue weighted by Crippen LogP contribution is -2.29. The Labute approximate surface area is 334 Å². The predicted molar refractivity (Wildman–Crippen MR) is 224 cm³/mol. The van der Waals surface area contributed by atoms with E-state index in [1.165, 1.54) is 83.5 Å². The number of hydrogen-bond acceptors (Lipinski definition) is 9. The van der Waals surface area contributed by atoms with Crippen molar-refractivity contribution in [3.63, 3.8) is 0 Å². The topological polar surface area (TPSA) is 149 Å². The number of esters is 2. The first-order valence-corrected chi connectivity index (χ1v) is 22.7. The summed E-state index contributed by atoms with van der Waals surface area (Å²) in [6.45, 7) is 2.24. The van der Waals surface area contributed by atoms with Crippen LogP contribution in [0.2, 0.25) is 0 Å². The molecule has 318 valence electrons. The fourth-order valence-electron chi connectivity index (χ4n) is 5.36. The Kier molecular flexibility index (Phi) is 38.2. The van der Waals surface area contributed by atoms with E-state index in [9.17, 15) is 24.2 Å². The summed E-state index contributed by atoms with van der Waals surface area (Å²) in [5.74, 6) is -1.05. The summed E-state index contributed by atoms with van der Waals surface area (Å²) in [5.41, 5.74) is 0. The van der Waals surface area contributed by atoms with Crippen LogP contribution < -0.4 is 0 Å². The van der Waals surface area contributed by atoms with Gasteiger partial charge in [0, 0.05) is 12.8 Å². The van der Waals surface area contributed by atoms with Gasteiger partial charge in [0.15, 0.2) is 6.10 Å². The quantitative estimate of drug-likeness (QED) is 0.0237. The van der Waals surface area contributed by atoms with Gasteiger partial charge in [-0.1, -0.05) is 152 Å². The zero-order chi connectivity index (χ0) is 40.5. The first-order chi connectivity index (χ1) is 26.7. The van der Waals surface area contributed by atoms with Gasteiger partial charge in [0.25, 0.3) is 0 Å². The number of ether oxygens (including phenoxy) is 2. The maximum absolute atomic E-state index is 12.6. The van der Waals surface area contributed by atoms with Crippen molar-refractivity contribution in [1.29, 1.82) is 0 Å². The summed E-state index contributed by atoms with van der Waals surface area (Å²) in [7, 11) is -4.64. The predicted octanol–water partition coefficient (Wildman–Crippen LogP) is 11.1. The molecule has 0 saturated carbocycles. The molecule has 0 radical (unpaired) electrons. The van der Waals surface area contributed by atoms with Crippen molar-refractivity contribution in [1.82, 2.24) is 0 Å². The number of phosphoric acid groups is 1. The van der Waals surface area contributed by atoms with Crippen molar-refractivity contribution in [2.45, 2.75) is 180 Å². The van der Waals surface area contributed by atoms with Crippen LogP contribution in [0.1, 0.15) is 168 Å². The molecule has 0 rings (SSSR count). The molecule has 0 aliphatic heterocycles. The Morgan fingerprint density at radius 1 is 0.545 bits per heavy atom. The molecule has 3 atom stereocenters. The van der Waals surface area contributed by atoms with Crippen molar-refractivity contribution in [3.8, 4) is 0 Å². The highest BCUT2D eigenvalue weighted by atomic mass is 31.2. The molecule has 55 heavy (non-hydrogen) atoms. The third-order valence-corrected chi connectivity index (χ3v) is 9.61. The Balaban J connectivity index is 4.45. The molecule has 0 spiro atoms. The van der Waals surface area contributed by atoms with Crippen LogP contribution in [0.4, 0.5) is 0 Å². The van der Waals surface area contributed by atoms with Crippen LogP contribution in [0.3, 0.4) is 0 Å². The summed E-state index contributed by atoms with van der Waals surface area (Å²) in [6.07, 6.45) is 43.5. The fourth-order valence-corrected chi connectivity index (χ4v) is 6.14. The van der Waals surface area contributed by atoms with Crippen LogP contribution in [-0.2, 0) is 32.7 Å². The molecule has 0 fully saturated rings. The van der Waals surface area contributed by atoms with Crippen molar-refractivity contribution >= 4 is 19.8 Å². The Morgan fingerprint density at radius 3 is 1.55 bits per heavy atom. The minimum Gasteiger partial charge on any atom is -0.462 e. The maximum atomic E-state index is 12.6. The molecule has 0 saturated heterocycles. The number of unbranched alkanes of at least 4 members (excludes halogenated alkanes) is 15. The number of carbonyl (C=O) groups is 2. The second kappa shape index (κ2) is 39.9. The van der Waals surface area contributed by atoms with E-state index in [1.54, 1.807) is 0 Å². The summed E-state index contributed by atoms with van der Waals surface area (Å²) in [5, 5.41) is 18.3. The Morgan fingerprint density at radius 2 is 0.982 bits per heavy atom. The number of rotatable bonds is 39. The molecule has 10 nitrogen and oxygen atoms in total. The average Bonchev–Trinajstić information content (AvgIpc) is 3.17. The van der Waals surface area contributed by atoms with Crippen LogP contribution in [0.25, 0.3) is 0 Å². The van der Waals surface area contributed by atoms with Crippen molar-refractivity contribution in [2.75, 3.05) is 26.4 Å². The minimum atomic E-state index is -4.64. The van der Waals surface area contributed by atoms with Crippen LogP contribution in [0.5, 0.6) is 0 Å². The summed E-state index contributed by atoms with van der Waals surface area (Å²) in [4.78, 5) is 34.9. The van der Waals surface area contributed by atoms with E-state index in [0.717, 1.165) is 38.5 Å². The van der Waals surface area contributed by atoms with Gasteiger partial charge >= 0.3 is 19.8 Å². The number of aliphatic hydroxyl groups is 2. The molecular weight excluding hydrogens is 719 g/mol. The third kappa shape index (κ3) is 39.7. The van der Waals surface area contributed by atoms with E-state index in [0.29, 0.717) is 19.3 Å². The number of aliphatic hydroxyl groups excluding tert-OH is 2. The lowest BCUT2D eigenvalue weighted by molar-refractivity contribution is -0.161. The molecule has 3 N–H and O–H groups in total. The molecular formula is C44H77O10P. The molecule has 0 aromatic heterocycles. The van der Waals surface area contributed by atoms with E-state index in [1.807, 2.05) is 12.2 Å². The van der Waals surface area contributed by atoms with Crippen molar-refractivity contribution in [3.05, 3.63) is 60.8 Å². The molecule has 0 amide bonds. The van der Waals surface area contributed by atoms with Crippen molar-refractivity contribution < 1.29 is 47.8 Å². The fraction of sp³-hybridized carbons (Fsp3) is 0.727. The van der Waals surface area contributed by atoms with Crippen LogP contribution in [-0.4, -0.2) is 65.7 Å². The Bertz CT molecular complexity index is 1100. The normalized spacial score (nSPS) is 14.5. The van der Waals surface area contributed by atoms with Gasteiger partial charge in [-0.25, -0.2) is 4.57 Å². The summed E-state index contributed by atoms with van der Waals surface area (Å²) >= 11 is 0. The standard InChI is InChI=1S/C44H77O10P/c1-3-5-7-9-11-13-15-17-19-20-22-23-25-27-29-31-33-35-43(47)51-39-42(40-53-55(49,50)52-38-41(46)37-45)54-44(48)36-34-32-30-28-26-24-21-18-16-14-12-10-8-6-4-2/h11,13,17,19,22-23,27,29-30,32,41-42,45-46H,3-10,12,14-16,18,20-21,24-26,28,31,33-40H2,1-2H3,(H,49,50)/b13-11+,19-17+,23-22+,29-27+,32-30+/t41-,42+/m0/s1. The van der Waals surface area contributed by atoms with Gasteiger partial charge in [-0.2, -0.15) is 0 Å². The van der Waals surface area contributed by atoms with Crippen LogP contribution in [0, 0.1) is 0 Å². The second-order valence-electron chi connectivity index (χ2n) is 14.0. The lowest BCUT2D eigenvalue weighted by atomic mass is 10.1. The molecule has 1 unspecified atom stereocenters. The second-order valence-corrected chi connectivity index (χ2v) is 15.5. The van der Waals surface area contributed by atoms with Gasteiger partial charge in [-0.15, -0.1) is 0 Å². The van der Waals surface area contributed by atoms with Gasteiger partial charge in [-0.05, 0) is 64.2 Å². The van der Waals surface area contributed by atoms with Gasteiger partial charge in [0.1, 0.15) is 12.7 Å². The number of hydrogen-bond donors (Lipinski definition) is 3. The van der Waals surface area contributed by atoms with E-state index in [4.69, 9.17) is 19.1 Å².